The van der Waals surface area contributed by atoms with Crippen molar-refractivity contribution in [1.82, 2.24) is 4.98 Å². The van der Waals surface area contributed by atoms with E-state index in [1.807, 2.05) is 13.0 Å². The summed E-state index contributed by atoms with van der Waals surface area (Å²) < 4.78 is 36.9. The van der Waals surface area contributed by atoms with E-state index in [0.29, 0.717) is 22.3 Å². The van der Waals surface area contributed by atoms with E-state index in [2.05, 4.69) is 10.3 Å². The van der Waals surface area contributed by atoms with Crippen LogP contribution in [0.4, 0.5) is 5.13 Å². The van der Waals surface area contributed by atoms with Crippen LogP contribution in [0.3, 0.4) is 0 Å². The minimum Gasteiger partial charge on any atom is -0.494 e. The minimum absolute atomic E-state index is 0.0180. The lowest BCUT2D eigenvalue weighted by atomic mass is 10.3. The Morgan fingerprint density at radius 2 is 1.93 bits per heavy atom. The number of sulfone groups is 1. The van der Waals surface area contributed by atoms with Gasteiger partial charge in [0.1, 0.15) is 5.75 Å². The van der Waals surface area contributed by atoms with Gasteiger partial charge >= 0.3 is 0 Å². The van der Waals surface area contributed by atoms with Gasteiger partial charge in [-0.1, -0.05) is 22.9 Å². The van der Waals surface area contributed by atoms with Crippen LogP contribution in [0.5, 0.6) is 5.75 Å². The number of halogens is 1. The standard InChI is InChI=1S/C20H15ClN2O5S2/c1-2-27-13-5-8-15-17(11-13)29-20(22-15)23-19(24)16-9-10-18(28-16)30(25,26)14-6-3-12(21)4-7-14/h3-11H,2H2,1H3,(H,22,23,24). The normalized spacial score (nSPS) is 11.5. The van der Waals surface area contributed by atoms with Crippen LogP contribution in [0.25, 0.3) is 10.2 Å². The Morgan fingerprint density at radius 1 is 1.17 bits per heavy atom. The number of carbonyl (C=O) groups is 1. The van der Waals surface area contributed by atoms with Gasteiger partial charge < -0.3 is 9.15 Å². The van der Waals surface area contributed by atoms with E-state index in [4.69, 9.17) is 20.8 Å². The Balaban J connectivity index is 1.54. The molecule has 0 saturated carbocycles. The molecule has 0 unspecified atom stereocenters. The molecule has 0 aliphatic heterocycles. The Bertz CT molecular complexity index is 1330. The molecule has 0 atom stereocenters. The molecule has 0 aliphatic carbocycles. The van der Waals surface area contributed by atoms with Crippen molar-refractivity contribution in [3.63, 3.8) is 0 Å². The van der Waals surface area contributed by atoms with Crippen LogP contribution in [0.15, 0.2) is 69.0 Å². The molecule has 2 aromatic carbocycles. The van der Waals surface area contributed by atoms with E-state index >= 15 is 0 Å². The monoisotopic (exact) mass is 462 g/mol. The number of aromatic nitrogens is 1. The molecule has 2 heterocycles. The van der Waals surface area contributed by atoms with Gasteiger partial charge in [0, 0.05) is 5.02 Å². The van der Waals surface area contributed by atoms with Crippen molar-refractivity contribution in [2.75, 3.05) is 11.9 Å². The van der Waals surface area contributed by atoms with Crippen molar-refractivity contribution in [2.24, 2.45) is 0 Å². The molecule has 0 spiro atoms. The van der Waals surface area contributed by atoms with Gasteiger partial charge in [-0.2, -0.15) is 0 Å². The first-order chi connectivity index (χ1) is 14.4. The predicted molar refractivity (Wildman–Crippen MR) is 114 cm³/mol. The molecule has 0 radical (unpaired) electrons. The van der Waals surface area contributed by atoms with Gasteiger partial charge in [0.25, 0.3) is 5.91 Å². The zero-order valence-corrected chi connectivity index (χ0v) is 18.0. The van der Waals surface area contributed by atoms with Crippen LogP contribution in [-0.2, 0) is 9.84 Å². The summed E-state index contributed by atoms with van der Waals surface area (Å²) in [6.07, 6.45) is 0. The molecule has 10 heteroatoms. The van der Waals surface area contributed by atoms with Gasteiger partial charge in [0.05, 0.1) is 21.7 Å². The fourth-order valence-corrected chi connectivity index (χ4v) is 4.88. The molecule has 0 aliphatic rings. The molecule has 0 fully saturated rings. The lowest BCUT2D eigenvalue weighted by molar-refractivity contribution is 0.0991. The van der Waals surface area contributed by atoms with Crippen LogP contribution in [0.2, 0.25) is 5.02 Å². The lowest BCUT2D eigenvalue weighted by Gasteiger charge is -2.01. The number of nitrogens with zero attached hydrogens (tertiary/aromatic N) is 1. The maximum absolute atomic E-state index is 12.7. The van der Waals surface area contributed by atoms with Crippen molar-refractivity contribution in [1.29, 1.82) is 0 Å². The quantitative estimate of drug-likeness (QED) is 0.431. The molecular weight excluding hydrogens is 448 g/mol. The molecule has 1 amide bonds. The highest BCUT2D eigenvalue weighted by Crippen LogP contribution is 2.30. The van der Waals surface area contributed by atoms with Crippen LogP contribution in [0, 0.1) is 0 Å². The first kappa shape index (κ1) is 20.4. The maximum Gasteiger partial charge on any atom is 0.293 e. The van der Waals surface area contributed by atoms with Crippen molar-refractivity contribution in [2.45, 2.75) is 16.9 Å². The third-order valence-corrected chi connectivity index (χ3v) is 6.91. The number of amides is 1. The number of carbonyl (C=O) groups excluding carboxylic acids is 1. The highest BCUT2D eigenvalue weighted by molar-refractivity contribution is 7.91. The minimum atomic E-state index is -3.90. The number of fused-ring (bicyclic) bond motifs is 1. The summed E-state index contributed by atoms with van der Waals surface area (Å²) in [5.74, 6) is -0.0250. The summed E-state index contributed by atoms with van der Waals surface area (Å²) in [7, 11) is -3.90. The van der Waals surface area contributed by atoms with Crippen LogP contribution < -0.4 is 10.1 Å². The number of anilines is 1. The first-order valence-electron chi connectivity index (χ1n) is 8.82. The van der Waals surface area contributed by atoms with Gasteiger partial charge in [-0.3, -0.25) is 10.1 Å². The molecule has 30 heavy (non-hydrogen) atoms. The smallest absolute Gasteiger partial charge is 0.293 e. The number of thiazole rings is 1. The molecule has 7 nitrogen and oxygen atoms in total. The molecule has 2 aromatic heterocycles. The number of nitrogens with one attached hydrogen (secondary N) is 1. The maximum atomic E-state index is 12.7. The molecule has 0 bridgehead atoms. The zero-order chi connectivity index (χ0) is 21.3. The van der Waals surface area contributed by atoms with Gasteiger partial charge in [-0.15, -0.1) is 0 Å². The van der Waals surface area contributed by atoms with E-state index in [1.165, 1.54) is 47.7 Å². The molecular formula is C20H15ClN2O5S2. The second kappa shape index (κ2) is 8.10. The van der Waals surface area contributed by atoms with E-state index in [-0.39, 0.29) is 15.7 Å². The molecule has 4 rings (SSSR count). The largest absolute Gasteiger partial charge is 0.494 e. The number of ether oxygens (including phenoxy) is 1. The fourth-order valence-electron chi connectivity index (χ4n) is 2.69. The summed E-state index contributed by atoms with van der Waals surface area (Å²) >= 11 is 7.08. The topological polar surface area (TPSA) is 98.5 Å². The fraction of sp³-hybridized carbons (Fsp3) is 0.100. The Kier molecular flexibility index (Phi) is 5.50. The molecule has 154 valence electrons. The van der Waals surface area contributed by atoms with Gasteiger partial charge in [0.15, 0.2) is 10.9 Å². The second-order valence-corrected chi connectivity index (χ2v) is 9.46. The Hall–Kier alpha value is -2.88. The predicted octanol–water partition coefficient (Wildman–Crippen LogP) is 5.03. The lowest BCUT2D eigenvalue weighted by Crippen LogP contribution is -2.10. The molecule has 0 saturated heterocycles. The van der Waals surface area contributed by atoms with Crippen molar-refractivity contribution < 1.29 is 22.4 Å². The Morgan fingerprint density at radius 3 is 2.67 bits per heavy atom. The Labute approximate surface area is 181 Å². The van der Waals surface area contributed by atoms with Gasteiger partial charge in [-0.25, -0.2) is 13.4 Å². The highest BCUT2D eigenvalue weighted by Gasteiger charge is 2.24. The number of rotatable bonds is 6. The van der Waals surface area contributed by atoms with Crippen LogP contribution >= 0.6 is 22.9 Å². The van der Waals surface area contributed by atoms with E-state index in [9.17, 15) is 13.2 Å². The summed E-state index contributed by atoms with van der Waals surface area (Å²) in [4.78, 5) is 16.9. The third kappa shape index (κ3) is 4.04. The van der Waals surface area contributed by atoms with Gasteiger partial charge in [0.2, 0.25) is 14.9 Å². The number of hydrogen-bond donors (Lipinski definition) is 1. The van der Waals surface area contributed by atoms with Crippen LogP contribution in [0.1, 0.15) is 17.5 Å². The number of benzene rings is 2. The highest BCUT2D eigenvalue weighted by atomic mass is 35.5. The van der Waals surface area contributed by atoms with E-state index in [0.717, 1.165) is 10.4 Å². The summed E-state index contributed by atoms with van der Waals surface area (Å²) in [6, 6.07) is 13.7. The average molecular weight is 463 g/mol. The summed E-state index contributed by atoms with van der Waals surface area (Å²) in [6.45, 7) is 2.45. The second-order valence-electron chi connectivity index (χ2n) is 6.11. The van der Waals surface area contributed by atoms with E-state index in [1.54, 1.807) is 12.1 Å². The molecule has 4 aromatic rings. The van der Waals surface area contributed by atoms with Crippen LogP contribution in [-0.4, -0.2) is 25.9 Å². The summed E-state index contributed by atoms with van der Waals surface area (Å²) in [5.41, 5.74) is 0.712. The van der Waals surface area contributed by atoms with E-state index < -0.39 is 15.7 Å². The van der Waals surface area contributed by atoms with Crippen molar-refractivity contribution >= 4 is 54.0 Å². The SMILES string of the molecule is CCOc1ccc2nc(NC(=O)c3ccc(S(=O)(=O)c4ccc(Cl)cc4)o3)sc2c1. The first-order valence-corrected chi connectivity index (χ1v) is 11.5. The van der Waals surface area contributed by atoms with Gasteiger partial charge in [-0.05, 0) is 61.5 Å². The number of furan rings is 1. The van der Waals surface area contributed by atoms with Crippen molar-refractivity contribution in [3.8, 4) is 5.75 Å². The summed E-state index contributed by atoms with van der Waals surface area (Å²) in [5, 5.41) is 3.08. The third-order valence-electron chi connectivity index (χ3n) is 4.09. The molecule has 1 N–H and O–H groups in total. The van der Waals surface area contributed by atoms with Crippen molar-refractivity contribution in [3.05, 3.63) is 65.4 Å². The zero-order valence-electron chi connectivity index (χ0n) is 15.6. The average Bonchev–Trinajstić information content (AvgIpc) is 3.35. The number of hydrogen-bond acceptors (Lipinski definition) is 7.